The van der Waals surface area contributed by atoms with Crippen LogP contribution in [0.3, 0.4) is 0 Å². The molecule has 0 aliphatic carbocycles. The summed E-state index contributed by atoms with van der Waals surface area (Å²) in [4.78, 5) is 12.9. The van der Waals surface area contributed by atoms with Crippen LogP contribution in [0.2, 0.25) is 0 Å². The van der Waals surface area contributed by atoms with Crippen LogP contribution in [-0.4, -0.2) is 10.4 Å². The first kappa shape index (κ1) is 16.3. The lowest BCUT2D eigenvalue weighted by molar-refractivity contribution is 0.103. The maximum absolute atomic E-state index is 14.1. The molecule has 0 aliphatic heterocycles. The summed E-state index contributed by atoms with van der Waals surface area (Å²) < 4.78 is 16.2. The number of fused-ring (bicyclic) bond motifs is 1. The standard InChI is InChI=1S/C23H18FNO/c24-21-12-6-4-11-19(21)23(26)20-16-25(22-13-7-5-10-18(20)22)15-14-17-8-2-1-3-9-17/h1-13,16H,14-15H2. The molecule has 3 heteroatoms. The Bertz CT molecular complexity index is 1070. The van der Waals surface area contributed by atoms with Crippen LogP contribution in [0.4, 0.5) is 4.39 Å². The number of aryl methyl sites for hydroxylation is 2. The van der Waals surface area contributed by atoms with Crippen molar-refractivity contribution in [3.05, 3.63) is 108 Å². The molecule has 0 atom stereocenters. The highest BCUT2D eigenvalue weighted by Crippen LogP contribution is 2.25. The summed E-state index contributed by atoms with van der Waals surface area (Å²) in [5, 5.41) is 0.855. The molecule has 0 fully saturated rings. The van der Waals surface area contributed by atoms with Crippen molar-refractivity contribution >= 4 is 16.7 Å². The van der Waals surface area contributed by atoms with Crippen molar-refractivity contribution in [1.29, 1.82) is 0 Å². The molecule has 26 heavy (non-hydrogen) atoms. The van der Waals surface area contributed by atoms with Crippen LogP contribution in [0.1, 0.15) is 21.5 Å². The molecule has 0 aliphatic rings. The van der Waals surface area contributed by atoms with Crippen LogP contribution >= 0.6 is 0 Å². The molecule has 3 aromatic carbocycles. The molecule has 2 nitrogen and oxygen atoms in total. The molecule has 0 unspecified atom stereocenters. The fourth-order valence-electron chi connectivity index (χ4n) is 3.30. The first-order valence-electron chi connectivity index (χ1n) is 8.65. The molecule has 0 radical (unpaired) electrons. The van der Waals surface area contributed by atoms with E-state index in [0.29, 0.717) is 5.56 Å². The van der Waals surface area contributed by atoms with Crippen molar-refractivity contribution in [2.75, 3.05) is 0 Å². The van der Waals surface area contributed by atoms with Crippen molar-refractivity contribution in [2.45, 2.75) is 13.0 Å². The summed E-state index contributed by atoms with van der Waals surface area (Å²) in [6.45, 7) is 0.759. The zero-order chi connectivity index (χ0) is 17.9. The summed E-state index contributed by atoms with van der Waals surface area (Å²) in [5.74, 6) is -0.767. The molecule has 4 rings (SSSR count). The van der Waals surface area contributed by atoms with Gasteiger partial charge in [0.1, 0.15) is 5.82 Å². The molecule has 0 N–H and O–H groups in total. The molecular formula is C23H18FNO. The highest BCUT2D eigenvalue weighted by molar-refractivity contribution is 6.16. The Hall–Kier alpha value is -3.20. The van der Waals surface area contributed by atoms with Gasteiger partial charge in [-0.05, 0) is 30.2 Å². The monoisotopic (exact) mass is 343 g/mol. The highest BCUT2D eigenvalue weighted by Gasteiger charge is 2.19. The minimum atomic E-state index is -0.487. The van der Waals surface area contributed by atoms with Crippen LogP contribution in [0.5, 0.6) is 0 Å². The Morgan fingerprint density at radius 1 is 0.808 bits per heavy atom. The molecule has 1 aromatic heterocycles. The van der Waals surface area contributed by atoms with Crippen molar-refractivity contribution in [1.82, 2.24) is 4.57 Å². The number of nitrogens with zero attached hydrogens (tertiary/aromatic N) is 1. The third-order valence-corrected chi connectivity index (χ3v) is 4.64. The van der Waals surface area contributed by atoms with Gasteiger partial charge in [0.05, 0.1) is 5.56 Å². The van der Waals surface area contributed by atoms with Gasteiger partial charge in [-0.25, -0.2) is 4.39 Å². The number of para-hydroxylation sites is 1. The number of halogens is 1. The van der Waals surface area contributed by atoms with E-state index in [9.17, 15) is 9.18 Å². The summed E-state index contributed by atoms with van der Waals surface area (Å²) in [7, 11) is 0. The van der Waals surface area contributed by atoms with E-state index in [2.05, 4.69) is 16.7 Å². The molecule has 0 bridgehead atoms. The second-order valence-electron chi connectivity index (χ2n) is 6.30. The van der Waals surface area contributed by atoms with E-state index >= 15 is 0 Å². The number of carbonyl (C=O) groups excluding carboxylic acids is 1. The first-order chi connectivity index (χ1) is 12.7. The van der Waals surface area contributed by atoms with Gasteiger partial charge in [-0.15, -0.1) is 0 Å². The summed E-state index contributed by atoms with van der Waals surface area (Å²) >= 11 is 0. The average molecular weight is 343 g/mol. The molecule has 0 saturated heterocycles. The van der Waals surface area contributed by atoms with Crippen LogP contribution < -0.4 is 0 Å². The van der Waals surface area contributed by atoms with Gasteiger partial charge in [-0.2, -0.15) is 0 Å². The van der Waals surface area contributed by atoms with Gasteiger partial charge in [0, 0.05) is 29.2 Å². The molecule has 1 heterocycles. The summed E-state index contributed by atoms with van der Waals surface area (Å²) in [5.41, 5.74) is 2.88. The predicted molar refractivity (Wildman–Crippen MR) is 102 cm³/mol. The van der Waals surface area contributed by atoms with E-state index in [-0.39, 0.29) is 11.3 Å². The average Bonchev–Trinajstić information content (AvgIpc) is 3.06. The normalized spacial score (nSPS) is 11.0. The van der Waals surface area contributed by atoms with E-state index in [1.54, 1.807) is 12.1 Å². The zero-order valence-electron chi connectivity index (χ0n) is 14.2. The Balaban J connectivity index is 1.72. The lowest BCUT2D eigenvalue weighted by atomic mass is 10.0. The smallest absolute Gasteiger partial charge is 0.198 e. The minimum Gasteiger partial charge on any atom is -0.346 e. The second kappa shape index (κ2) is 6.96. The maximum Gasteiger partial charge on any atom is 0.198 e. The largest absolute Gasteiger partial charge is 0.346 e. The Morgan fingerprint density at radius 3 is 2.31 bits per heavy atom. The number of ketones is 1. The Labute approximate surface area is 151 Å². The lowest BCUT2D eigenvalue weighted by Gasteiger charge is -2.05. The van der Waals surface area contributed by atoms with E-state index < -0.39 is 5.82 Å². The highest BCUT2D eigenvalue weighted by atomic mass is 19.1. The van der Waals surface area contributed by atoms with Crippen molar-refractivity contribution < 1.29 is 9.18 Å². The van der Waals surface area contributed by atoms with Gasteiger partial charge in [-0.1, -0.05) is 60.7 Å². The lowest BCUT2D eigenvalue weighted by Crippen LogP contribution is -2.04. The number of carbonyl (C=O) groups is 1. The quantitative estimate of drug-likeness (QED) is 0.453. The van der Waals surface area contributed by atoms with Gasteiger partial charge in [-0.3, -0.25) is 4.79 Å². The van der Waals surface area contributed by atoms with Crippen molar-refractivity contribution in [3.8, 4) is 0 Å². The topological polar surface area (TPSA) is 22.0 Å². The predicted octanol–water partition coefficient (Wildman–Crippen LogP) is 5.25. The molecular weight excluding hydrogens is 325 g/mol. The number of benzene rings is 3. The molecule has 4 aromatic rings. The Kier molecular flexibility index (Phi) is 4.36. The first-order valence-corrected chi connectivity index (χ1v) is 8.65. The van der Waals surface area contributed by atoms with Crippen LogP contribution in [0.15, 0.2) is 85.1 Å². The molecule has 0 amide bonds. The van der Waals surface area contributed by atoms with Gasteiger partial charge in [0.25, 0.3) is 0 Å². The summed E-state index contributed by atoms with van der Waals surface area (Å²) in [6, 6.07) is 24.2. The van der Waals surface area contributed by atoms with Crippen LogP contribution in [0, 0.1) is 5.82 Å². The number of rotatable bonds is 5. The van der Waals surface area contributed by atoms with E-state index in [1.165, 1.54) is 17.7 Å². The van der Waals surface area contributed by atoms with Gasteiger partial charge >= 0.3 is 0 Å². The van der Waals surface area contributed by atoms with E-state index in [1.807, 2.05) is 48.7 Å². The van der Waals surface area contributed by atoms with Gasteiger partial charge in [0.15, 0.2) is 5.78 Å². The Morgan fingerprint density at radius 2 is 1.50 bits per heavy atom. The zero-order valence-corrected chi connectivity index (χ0v) is 14.2. The fourth-order valence-corrected chi connectivity index (χ4v) is 3.30. The fraction of sp³-hybridized carbons (Fsp3) is 0.0870. The van der Waals surface area contributed by atoms with Gasteiger partial charge < -0.3 is 4.57 Å². The number of hydrogen-bond acceptors (Lipinski definition) is 1. The SMILES string of the molecule is O=C(c1ccccc1F)c1cn(CCc2ccccc2)c2ccccc12. The third-order valence-electron chi connectivity index (χ3n) is 4.64. The van der Waals surface area contributed by atoms with E-state index in [4.69, 9.17) is 0 Å². The molecule has 0 saturated carbocycles. The maximum atomic E-state index is 14.1. The van der Waals surface area contributed by atoms with Crippen LogP contribution in [-0.2, 0) is 13.0 Å². The van der Waals surface area contributed by atoms with Crippen LogP contribution in [0.25, 0.3) is 10.9 Å². The van der Waals surface area contributed by atoms with Gasteiger partial charge in [0.2, 0.25) is 0 Å². The minimum absolute atomic E-state index is 0.110. The molecule has 128 valence electrons. The van der Waals surface area contributed by atoms with Crippen molar-refractivity contribution in [2.24, 2.45) is 0 Å². The second-order valence-corrected chi connectivity index (χ2v) is 6.30. The van der Waals surface area contributed by atoms with E-state index in [0.717, 1.165) is 23.9 Å². The molecule has 0 spiro atoms. The number of aromatic nitrogens is 1. The van der Waals surface area contributed by atoms with Crippen molar-refractivity contribution in [3.63, 3.8) is 0 Å². The number of hydrogen-bond donors (Lipinski definition) is 0. The summed E-state index contributed by atoms with van der Waals surface area (Å²) in [6.07, 6.45) is 2.72. The third kappa shape index (κ3) is 3.04.